The van der Waals surface area contributed by atoms with Crippen molar-refractivity contribution in [3.63, 3.8) is 0 Å². The van der Waals surface area contributed by atoms with E-state index in [4.69, 9.17) is 16.3 Å². The van der Waals surface area contributed by atoms with Gasteiger partial charge in [0.2, 0.25) is 0 Å². The summed E-state index contributed by atoms with van der Waals surface area (Å²) in [7, 11) is 0. The van der Waals surface area contributed by atoms with E-state index >= 15 is 0 Å². The van der Waals surface area contributed by atoms with Crippen LogP contribution < -0.4 is 4.90 Å². The molecule has 132 valence electrons. The maximum absolute atomic E-state index is 9.98. The molecule has 0 spiro atoms. The fourth-order valence-electron chi connectivity index (χ4n) is 4.80. The summed E-state index contributed by atoms with van der Waals surface area (Å²) >= 11 is 6.35. The van der Waals surface area contributed by atoms with Gasteiger partial charge < -0.3 is 14.7 Å². The molecule has 1 N–H and O–H groups in total. The molecule has 3 aliphatic rings. The predicted octanol–water partition coefficient (Wildman–Crippen LogP) is 2.64. The lowest BCUT2D eigenvalue weighted by molar-refractivity contribution is -0.0419. The summed E-state index contributed by atoms with van der Waals surface area (Å²) in [5.74, 6) is 0.498. The molecule has 1 aromatic rings. The van der Waals surface area contributed by atoms with Crippen LogP contribution in [0.4, 0.5) is 5.69 Å². The molecule has 3 aliphatic heterocycles. The first-order chi connectivity index (χ1) is 11.7. The molecule has 24 heavy (non-hydrogen) atoms. The highest BCUT2D eigenvalue weighted by Gasteiger charge is 2.49. The molecule has 0 radical (unpaired) electrons. The zero-order chi connectivity index (χ0) is 16.6. The fraction of sp³-hybridized carbons (Fsp3) is 0.684. The van der Waals surface area contributed by atoms with E-state index in [-0.39, 0.29) is 5.41 Å². The van der Waals surface area contributed by atoms with Crippen LogP contribution >= 0.6 is 11.6 Å². The van der Waals surface area contributed by atoms with E-state index in [0.717, 1.165) is 56.5 Å². The molecule has 3 heterocycles. The van der Waals surface area contributed by atoms with Crippen LogP contribution in [0.2, 0.25) is 5.02 Å². The number of aliphatic hydroxyl groups is 1. The van der Waals surface area contributed by atoms with Crippen LogP contribution in [0.15, 0.2) is 24.3 Å². The molecule has 0 aromatic heterocycles. The summed E-state index contributed by atoms with van der Waals surface area (Å²) in [5, 5.41) is 10.8. The molecular formula is C19H27ClN2O2. The zero-order valence-corrected chi connectivity index (χ0v) is 14.9. The fourth-order valence-corrected chi connectivity index (χ4v) is 5.06. The number of hydrogen-bond donors (Lipinski definition) is 1. The summed E-state index contributed by atoms with van der Waals surface area (Å²) in [6.45, 7) is 6.14. The molecule has 0 aliphatic carbocycles. The largest absolute Gasteiger partial charge is 0.396 e. The van der Waals surface area contributed by atoms with E-state index in [1.165, 1.54) is 12.8 Å². The molecule has 5 heteroatoms. The van der Waals surface area contributed by atoms with Crippen LogP contribution in [-0.2, 0) is 4.74 Å². The van der Waals surface area contributed by atoms with Crippen LogP contribution in [-0.4, -0.2) is 62.0 Å². The van der Waals surface area contributed by atoms with Gasteiger partial charge in [0.25, 0.3) is 0 Å². The summed E-state index contributed by atoms with van der Waals surface area (Å²) in [6, 6.07) is 8.76. The summed E-state index contributed by atoms with van der Waals surface area (Å²) in [4.78, 5) is 5.03. The van der Waals surface area contributed by atoms with E-state index < -0.39 is 0 Å². The van der Waals surface area contributed by atoms with Crippen molar-refractivity contribution in [1.82, 2.24) is 4.90 Å². The Kier molecular flexibility index (Phi) is 4.74. The van der Waals surface area contributed by atoms with E-state index in [1.807, 2.05) is 12.1 Å². The van der Waals surface area contributed by atoms with Gasteiger partial charge in [0.05, 0.1) is 23.9 Å². The lowest BCUT2D eigenvalue weighted by Gasteiger charge is -2.39. The second-order valence-corrected chi connectivity index (χ2v) is 8.05. The van der Waals surface area contributed by atoms with Gasteiger partial charge >= 0.3 is 0 Å². The third-order valence-corrected chi connectivity index (χ3v) is 6.71. The summed E-state index contributed by atoms with van der Waals surface area (Å²) < 4.78 is 5.67. The Morgan fingerprint density at radius 1 is 1.25 bits per heavy atom. The third kappa shape index (κ3) is 2.94. The standard InChI is InChI=1S/C19H27ClN2O2/c20-17-3-1-2-4-18(17)21-8-5-16(6-9-21)22-11-15-12-24-10-7-19(15,13-22)14-23/h1-4,15-16,23H,5-14H2/t15-,19-/m1/s1. The molecule has 4 nitrogen and oxygen atoms in total. The van der Waals surface area contributed by atoms with Crippen LogP contribution in [0.3, 0.4) is 0 Å². The van der Waals surface area contributed by atoms with E-state index in [2.05, 4.69) is 21.9 Å². The summed E-state index contributed by atoms with van der Waals surface area (Å²) in [5.41, 5.74) is 1.24. The zero-order valence-electron chi connectivity index (χ0n) is 14.2. The maximum atomic E-state index is 9.98. The molecule has 1 aromatic carbocycles. The van der Waals surface area contributed by atoms with Gasteiger partial charge in [0.1, 0.15) is 0 Å². The smallest absolute Gasteiger partial charge is 0.0639 e. The second-order valence-electron chi connectivity index (χ2n) is 7.64. The van der Waals surface area contributed by atoms with Crippen molar-refractivity contribution < 1.29 is 9.84 Å². The highest BCUT2D eigenvalue weighted by Crippen LogP contribution is 2.43. The van der Waals surface area contributed by atoms with Crippen molar-refractivity contribution in [2.24, 2.45) is 11.3 Å². The first-order valence-electron chi connectivity index (χ1n) is 9.14. The van der Waals surface area contributed by atoms with Gasteiger partial charge in [-0.25, -0.2) is 0 Å². The molecule has 0 saturated carbocycles. The molecule has 4 rings (SSSR count). The van der Waals surface area contributed by atoms with Gasteiger partial charge in [0, 0.05) is 50.2 Å². The number of para-hydroxylation sites is 1. The molecule has 2 atom stereocenters. The van der Waals surface area contributed by atoms with Crippen LogP contribution in [0.1, 0.15) is 19.3 Å². The van der Waals surface area contributed by atoms with Gasteiger partial charge in [0.15, 0.2) is 0 Å². The number of nitrogens with zero attached hydrogens (tertiary/aromatic N) is 2. The van der Waals surface area contributed by atoms with Crippen molar-refractivity contribution >= 4 is 17.3 Å². The number of aliphatic hydroxyl groups excluding tert-OH is 1. The number of rotatable bonds is 3. The Bertz CT molecular complexity index is 576. The number of halogens is 1. The minimum atomic E-state index is 0.0815. The molecule has 0 amide bonds. The number of fused-ring (bicyclic) bond motifs is 1. The first-order valence-corrected chi connectivity index (χ1v) is 9.52. The summed E-state index contributed by atoms with van der Waals surface area (Å²) in [6.07, 6.45) is 3.34. The number of piperidine rings is 1. The minimum Gasteiger partial charge on any atom is -0.396 e. The Balaban J connectivity index is 1.39. The Hall–Kier alpha value is -0.810. The van der Waals surface area contributed by atoms with E-state index in [1.54, 1.807) is 0 Å². The van der Waals surface area contributed by atoms with Crippen molar-refractivity contribution in [3.05, 3.63) is 29.3 Å². The molecule has 3 fully saturated rings. The normalized spacial score (nSPS) is 32.1. The second kappa shape index (κ2) is 6.83. The quantitative estimate of drug-likeness (QED) is 0.909. The number of anilines is 1. The third-order valence-electron chi connectivity index (χ3n) is 6.39. The monoisotopic (exact) mass is 350 g/mol. The molecule has 3 saturated heterocycles. The minimum absolute atomic E-state index is 0.0815. The Morgan fingerprint density at radius 3 is 2.75 bits per heavy atom. The van der Waals surface area contributed by atoms with Gasteiger partial charge in [-0.15, -0.1) is 0 Å². The Labute approximate surface area is 149 Å². The van der Waals surface area contributed by atoms with Crippen molar-refractivity contribution in [3.8, 4) is 0 Å². The van der Waals surface area contributed by atoms with Crippen molar-refractivity contribution in [2.75, 3.05) is 50.9 Å². The maximum Gasteiger partial charge on any atom is 0.0639 e. The van der Waals surface area contributed by atoms with Crippen molar-refractivity contribution in [2.45, 2.75) is 25.3 Å². The number of ether oxygens (including phenoxy) is 1. The lowest BCUT2D eigenvalue weighted by atomic mass is 9.75. The van der Waals surface area contributed by atoms with Gasteiger partial charge in [-0.05, 0) is 31.4 Å². The molecule has 0 unspecified atom stereocenters. The number of hydrogen-bond acceptors (Lipinski definition) is 4. The van der Waals surface area contributed by atoms with E-state index in [0.29, 0.717) is 18.6 Å². The number of likely N-dealkylation sites (tertiary alicyclic amines) is 1. The van der Waals surface area contributed by atoms with Gasteiger partial charge in [-0.3, -0.25) is 4.90 Å². The van der Waals surface area contributed by atoms with Gasteiger partial charge in [-0.1, -0.05) is 23.7 Å². The van der Waals surface area contributed by atoms with Gasteiger partial charge in [-0.2, -0.15) is 0 Å². The average molecular weight is 351 g/mol. The topological polar surface area (TPSA) is 35.9 Å². The predicted molar refractivity (Wildman–Crippen MR) is 96.7 cm³/mol. The Morgan fingerprint density at radius 2 is 2.04 bits per heavy atom. The molecule has 0 bridgehead atoms. The van der Waals surface area contributed by atoms with Crippen LogP contribution in [0.25, 0.3) is 0 Å². The highest BCUT2D eigenvalue weighted by atomic mass is 35.5. The van der Waals surface area contributed by atoms with E-state index in [9.17, 15) is 5.11 Å². The highest BCUT2D eigenvalue weighted by molar-refractivity contribution is 6.33. The van der Waals surface area contributed by atoms with Crippen LogP contribution in [0, 0.1) is 11.3 Å². The number of benzene rings is 1. The SMILES string of the molecule is OC[C@]12CCOC[C@H]1CN(C1CCN(c3ccccc3Cl)CC1)C2. The first kappa shape index (κ1) is 16.6. The average Bonchev–Trinajstić information content (AvgIpc) is 3.02. The van der Waals surface area contributed by atoms with Crippen LogP contribution in [0.5, 0.6) is 0 Å². The van der Waals surface area contributed by atoms with Crippen molar-refractivity contribution in [1.29, 1.82) is 0 Å². The molecular weight excluding hydrogens is 324 g/mol. The lowest BCUT2D eigenvalue weighted by Crippen LogP contribution is -2.45.